The van der Waals surface area contributed by atoms with Gasteiger partial charge in [0.05, 0.1) is 28.3 Å². The first-order valence-corrected chi connectivity index (χ1v) is 12.4. The molecule has 1 amide bonds. The van der Waals surface area contributed by atoms with Gasteiger partial charge in [-0.15, -0.1) is 0 Å². The molecule has 0 atom stereocenters. The van der Waals surface area contributed by atoms with Gasteiger partial charge in [-0.1, -0.05) is 29.8 Å². The topological polar surface area (TPSA) is 88.4 Å². The number of amides is 1. The maximum Gasteiger partial charge on any atom is 0.335 e. The molecule has 1 heterocycles. The zero-order valence-electron chi connectivity index (χ0n) is 19.9. The number of aliphatic imine (C=N–C) groups is 1. The van der Waals surface area contributed by atoms with Crippen molar-refractivity contribution in [2.45, 2.75) is 13.5 Å². The van der Waals surface area contributed by atoms with Crippen LogP contribution in [0.3, 0.4) is 0 Å². The summed E-state index contributed by atoms with van der Waals surface area (Å²) in [6, 6.07) is 15.7. The summed E-state index contributed by atoms with van der Waals surface area (Å²) in [5.41, 5.74) is 1.67. The number of hydrogen-bond acceptors (Lipinski definition) is 6. The number of benzene rings is 3. The van der Waals surface area contributed by atoms with Gasteiger partial charge in [0, 0.05) is 12.1 Å². The molecule has 0 spiro atoms. The molecule has 3 aromatic carbocycles. The molecular weight excluding hydrogens is 519 g/mol. The molecule has 10 heteroatoms. The van der Waals surface area contributed by atoms with Crippen LogP contribution in [0.1, 0.15) is 28.4 Å². The minimum Gasteiger partial charge on any atom is -0.493 e. The van der Waals surface area contributed by atoms with Crippen molar-refractivity contribution in [3.63, 3.8) is 0 Å². The number of thioether (sulfide) groups is 1. The first kappa shape index (κ1) is 26.2. The van der Waals surface area contributed by atoms with Crippen LogP contribution in [0.2, 0.25) is 5.02 Å². The van der Waals surface area contributed by atoms with Crippen LogP contribution in [-0.4, -0.2) is 40.7 Å². The van der Waals surface area contributed by atoms with Gasteiger partial charge in [0.2, 0.25) is 0 Å². The molecule has 0 aliphatic carbocycles. The second kappa shape index (κ2) is 11.5. The third-order valence-corrected chi connectivity index (χ3v) is 6.71. The molecule has 190 valence electrons. The highest BCUT2D eigenvalue weighted by Gasteiger charge is 2.32. The molecule has 1 saturated heterocycles. The number of halogens is 2. The molecule has 1 aliphatic rings. The van der Waals surface area contributed by atoms with E-state index in [1.807, 2.05) is 6.92 Å². The highest BCUT2D eigenvalue weighted by Crippen LogP contribution is 2.39. The molecule has 7 nitrogen and oxygen atoms in total. The molecule has 37 heavy (non-hydrogen) atoms. The van der Waals surface area contributed by atoms with Gasteiger partial charge in [0.1, 0.15) is 12.4 Å². The largest absolute Gasteiger partial charge is 0.493 e. The number of aromatic carboxylic acids is 1. The lowest BCUT2D eigenvalue weighted by Gasteiger charge is -2.14. The van der Waals surface area contributed by atoms with Gasteiger partial charge in [-0.25, -0.2) is 14.2 Å². The fourth-order valence-corrected chi connectivity index (χ4v) is 4.88. The first-order valence-electron chi connectivity index (χ1n) is 11.2. The number of amidine groups is 1. The maximum atomic E-state index is 14.0. The van der Waals surface area contributed by atoms with Gasteiger partial charge in [0.15, 0.2) is 16.7 Å². The molecule has 3 aromatic rings. The standard InChI is InChI=1S/C27H22ClFN2O5S/c1-3-31-25(32)23(37-27(31)30-19-10-8-17(9-11-19)26(33)34)14-16-12-20(28)24(22(13-16)35-2)36-15-18-6-4-5-7-21(18)29/h4-14H,3,15H2,1-2H3,(H,33,34)/b23-14-,30-27?. The third-order valence-electron chi connectivity index (χ3n) is 5.42. The molecule has 1 fully saturated rings. The Balaban J connectivity index is 1.58. The first-order chi connectivity index (χ1) is 17.8. The van der Waals surface area contributed by atoms with E-state index in [0.717, 1.165) is 0 Å². The Kier molecular flexibility index (Phi) is 8.15. The number of hydrogen-bond donors (Lipinski definition) is 1. The van der Waals surface area contributed by atoms with Gasteiger partial charge in [-0.2, -0.15) is 0 Å². The summed E-state index contributed by atoms with van der Waals surface area (Å²) in [5, 5.41) is 9.80. The van der Waals surface area contributed by atoms with Crippen molar-refractivity contribution in [3.05, 3.63) is 93.1 Å². The van der Waals surface area contributed by atoms with Gasteiger partial charge in [-0.05, 0) is 72.8 Å². The van der Waals surface area contributed by atoms with E-state index >= 15 is 0 Å². The normalized spacial score (nSPS) is 15.5. The van der Waals surface area contributed by atoms with Crippen molar-refractivity contribution in [1.29, 1.82) is 0 Å². The van der Waals surface area contributed by atoms with Crippen LogP contribution in [0.15, 0.2) is 70.6 Å². The second-order valence-corrected chi connectivity index (χ2v) is 9.24. The van der Waals surface area contributed by atoms with Gasteiger partial charge < -0.3 is 14.6 Å². The van der Waals surface area contributed by atoms with E-state index < -0.39 is 5.97 Å². The van der Waals surface area contributed by atoms with E-state index in [2.05, 4.69) is 4.99 Å². The highest BCUT2D eigenvalue weighted by molar-refractivity contribution is 8.18. The number of carboxylic acid groups (broad SMARTS) is 1. The number of nitrogens with zero attached hydrogens (tertiary/aromatic N) is 2. The molecule has 4 rings (SSSR count). The number of carboxylic acids is 1. The monoisotopic (exact) mass is 540 g/mol. The van der Waals surface area contributed by atoms with E-state index in [1.54, 1.807) is 48.5 Å². The van der Waals surface area contributed by atoms with Crippen LogP contribution in [0.4, 0.5) is 10.1 Å². The average Bonchev–Trinajstić information content (AvgIpc) is 3.17. The SMILES string of the molecule is CCN1C(=O)/C(=C/c2cc(Cl)c(OCc3ccccc3F)c(OC)c2)SC1=Nc1ccc(C(=O)O)cc1. The van der Waals surface area contributed by atoms with E-state index in [9.17, 15) is 14.0 Å². The van der Waals surface area contributed by atoms with Crippen LogP contribution < -0.4 is 9.47 Å². The predicted molar refractivity (Wildman–Crippen MR) is 142 cm³/mol. The molecule has 0 saturated carbocycles. The number of rotatable bonds is 8. The number of carbonyl (C=O) groups is 2. The fourth-order valence-electron chi connectivity index (χ4n) is 3.54. The minimum absolute atomic E-state index is 0.0315. The third kappa shape index (κ3) is 5.95. The van der Waals surface area contributed by atoms with Gasteiger partial charge >= 0.3 is 5.97 Å². The summed E-state index contributed by atoms with van der Waals surface area (Å²) in [6.07, 6.45) is 1.68. The minimum atomic E-state index is -1.03. The zero-order chi connectivity index (χ0) is 26.5. The van der Waals surface area contributed by atoms with Crippen LogP contribution >= 0.6 is 23.4 Å². The number of carbonyl (C=O) groups excluding carboxylic acids is 1. The Bertz CT molecular complexity index is 1410. The van der Waals surface area contributed by atoms with Crippen LogP contribution in [-0.2, 0) is 11.4 Å². The molecule has 0 bridgehead atoms. The number of ether oxygens (including phenoxy) is 2. The van der Waals surface area contributed by atoms with Crippen molar-refractivity contribution >= 4 is 52.2 Å². The van der Waals surface area contributed by atoms with Gasteiger partial charge in [0.25, 0.3) is 5.91 Å². The van der Waals surface area contributed by atoms with Crippen molar-refractivity contribution < 1.29 is 28.6 Å². The fraction of sp³-hybridized carbons (Fsp3) is 0.148. The van der Waals surface area contributed by atoms with Crippen molar-refractivity contribution in [3.8, 4) is 11.5 Å². The summed E-state index contributed by atoms with van der Waals surface area (Å²) >= 11 is 7.67. The second-order valence-electron chi connectivity index (χ2n) is 7.82. The summed E-state index contributed by atoms with van der Waals surface area (Å²) < 4.78 is 25.2. The average molecular weight is 541 g/mol. The molecule has 0 radical (unpaired) electrons. The Morgan fingerprint density at radius 2 is 1.92 bits per heavy atom. The van der Waals surface area contributed by atoms with Crippen molar-refractivity contribution in [2.24, 2.45) is 4.99 Å². The lowest BCUT2D eigenvalue weighted by atomic mass is 10.1. The lowest BCUT2D eigenvalue weighted by Crippen LogP contribution is -2.28. The summed E-state index contributed by atoms with van der Waals surface area (Å²) in [7, 11) is 1.47. The van der Waals surface area contributed by atoms with Crippen LogP contribution in [0.25, 0.3) is 6.08 Å². The molecule has 0 aromatic heterocycles. The number of methoxy groups -OCH3 is 1. The Morgan fingerprint density at radius 1 is 1.19 bits per heavy atom. The van der Waals surface area contributed by atoms with E-state index in [0.29, 0.717) is 39.2 Å². The van der Waals surface area contributed by atoms with Crippen LogP contribution in [0, 0.1) is 5.82 Å². The van der Waals surface area contributed by atoms with E-state index in [-0.39, 0.29) is 34.7 Å². The smallest absolute Gasteiger partial charge is 0.335 e. The number of likely N-dealkylation sites (N-methyl/N-ethyl adjacent to an activating group) is 1. The molecule has 1 aliphatic heterocycles. The quantitative estimate of drug-likeness (QED) is 0.333. The van der Waals surface area contributed by atoms with Crippen LogP contribution in [0.5, 0.6) is 11.5 Å². The van der Waals surface area contributed by atoms with Crippen molar-refractivity contribution in [1.82, 2.24) is 4.90 Å². The lowest BCUT2D eigenvalue weighted by molar-refractivity contribution is -0.122. The summed E-state index contributed by atoms with van der Waals surface area (Å²) in [5.74, 6) is -1.02. The Morgan fingerprint density at radius 3 is 2.57 bits per heavy atom. The molecule has 0 unspecified atom stereocenters. The highest BCUT2D eigenvalue weighted by atomic mass is 35.5. The molecular formula is C27H22ClFN2O5S. The van der Waals surface area contributed by atoms with Crippen molar-refractivity contribution in [2.75, 3.05) is 13.7 Å². The van der Waals surface area contributed by atoms with E-state index in [1.165, 1.54) is 42.0 Å². The summed E-state index contributed by atoms with van der Waals surface area (Å²) in [4.78, 5) is 30.6. The zero-order valence-corrected chi connectivity index (χ0v) is 21.5. The van der Waals surface area contributed by atoms with Gasteiger partial charge in [-0.3, -0.25) is 9.69 Å². The molecule has 1 N–H and O–H groups in total. The summed E-state index contributed by atoms with van der Waals surface area (Å²) in [6.45, 7) is 2.21. The van der Waals surface area contributed by atoms with E-state index in [4.69, 9.17) is 26.2 Å². The Labute approximate surface area is 222 Å². The maximum absolute atomic E-state index is 14.0. The Hall–Kier alpha value is -3.82. The predicted octanol–water partition coefficient (Wildman–Crippen LogP) is 6.39.